The van der Waals surface area contributed by atoms with Gasteiger partial charge in [-0.25, -0.2) is 4.79 Å². The monoisotopic (exact) mass is 261 g/mol. The summed E-state index contributed by atoms with van der Waals surface area (Å²) < 4.78 is 0. The van der Waals surface area contributed by atoms with Gasteiger partial charge in [-0.05, 0) is 36.6 Å². The van der Waals surface area contributed by atoms with Crippen LogP contribution < -0.4 is 10.6 Å². The van der Waals surface area contributed by atoms with Crippen LogP contribution in [-0.2, 0) is 0 Å². The third-order valence-electron chi connectivity index (χ3n) is 2.51. The number of benzene rings is 1. The zero-order valence-corrected chi connectivity index (χ0v) is 11.2. The topological polar surface area (TPSA) is 85.2 Å². The number of nitrogens with one attached hydrogen (secondary N) is 2. The Hall–Kier alpha value is -2.06. The summed E-state index contributed by atoms with van der Waals surface area (Å²) in [5.74, 6) is 0.387. The highest BCUT2D eigenvalue weighted by Gasteiger charge is 2.08. The highest BCUT2D eigenvalue weighted by atomic mass is 16.3. The second kappa shape index (κ2) is 7.39. The van der Waals surface area contributed by atoms with E-state index in [1.807, 2.05) is 19.9 Å². The average Bonchev–Trinajstić information content (AvgIpc) is 2.36. The lowest BCUT2D eigenvalue weighted by molar-refractivity contribution is 0.148. The van der Waals surface area contributed by atoms with E-state index < -0.39 is 6.10 Å². The second-order valence-electron chi connectivity index (χ2n) is 4.81. The first-order chi connectivity index (χ1) is 9.01. The van der Waals surface area contributed by atoms with E-state index in [9.17, 15) is 9.90 Å². The number of nitriles is 1. The molecule has 2 amide bonds. The van der Waals surface area contributed by atoms with E-state index in [0.717, 1.165) is 0 Å². The predicted octanol–water partition coefficient (Wildman–Crippen LogP) is 2.09. The predicted molar refractivity (Wildman–Crippen MR) is 73.6 cm³/mol. The molecule has 5 nitrogen and oxygen atoms in total. The smallest absolute Gasteiger partial charge is 0.319 e. The van der Waals surface area contributed by atoms with Crippen molar-refractivity contribution in [2.45, 2.75) is 26.4 Å². The van der Waals surface area contributed by atoms with E-state index in [1.54, 1.807) is 24.3 Å². The van der Waals surface area contributed by atoms with Gasteiger partial charge < -0.3 is 15.7 Å². The molecule has 0 bridgehead atoms. The summed E-state index contributed by atoms with van der Waals surface area (Å²) in [6.07, 6.45) is 0.114. The molecule has 102 valence electrons. The Balaban J connectivity index is 2.36. The van der Waals surface area contributed by atoms with Crippen molar-refractivity contribution in [3.8, 4) is 6.07 Å². The Morgan fingerprint density at radius 2 is 2.00 bits per heavy atom. The van der Waals surface area contributed by atoms with Gasteiger partial charge in [-0.15, -0.1) is 0 Å². The summed E-state index contributed by atoms with van der Waals surface area (Å²) >= 11 is 0. The van der Waals surface area contributed by atoms with E-state index in [2.05, 4.69) is 10.6 Å². The van der Waals surface area contributed by atoms with Gasteiger partial charge in [0.1, 0.15) is 0 Å². The van der Waals surface area contributed by atoms with Crippen LogP contribution in [-0.4, -0.2) is 23.8 Å². The van der Waals surface area contributed by atoms with Crippen LogP contribution in [0.25, 0.3) is 0 Å². The molecule has 0 fully saturated rings. The number of amides is 2. The molecule has 1 unspecified atom stereocenters. The van der Waals surface area contributed by atoms with Crippen molar-refractivity contribution in [3.63, 3.8) is 0 Å². The van der Waals surface area contributed by atoms with Gasteiger partial charge in [0.2, 0.25) is 0 Å². The minimum Gasteiger partial charge on any atom is -0.391 e. The quantitative estimate of drug-likeness (QED) is 0.758. The first-order valence-corrected chi connectivity index (χ1v) is 6.24. The van der Waals surface area contributed by atoms with Crippen LogP contribution in [0, 0.1) is 17.2 Å². The first kappa shape index (κ1) is 15.0. The number of nitrogens with zero attached hydrogens (tertiary/aromatic N) is 1. The molecule has 5 heteroatoms. The molecule has 1 aromatic carbocycles. The second-order valence-corrected chi connectivity index (χ2v) is 4.81. The summed E-state index contributed by atoms with van der Waals surface area (Å²) in [6.45, 7) is 4.25. The summed E-state index contributed by atoms with van der Waals surface area (Å²) in [6, 6.07) is 8.20. The van der Waals surface area contributed by atoms with Crippen molar-refractivity contribution in [1.29, 1.82) is 5.26 Å². The Labute approximate surface area is 113 Å². The van der Waals surface area contributed by atoms with Crippen LogP contribution in [0.15, 0.2) is 24.3 Å². The highest BCUT2D eigenvalue weighted by molar-refractivity contribution is 5.89. The first-order valence-electron chi connectivity index (χ1n) is 6.24. The maximum Gasteiger partial charge on any atom is 0.319 e. The summed E-state index contributed by atoms with van der Waals surface area (Å²) in [5.41, 5.74) is 1.15. The third-order valence-corrected chi connectivity index (χ3v) is 2.51. The van der Waals surface area contributed by atoms with Crippen LogP contribution in [0.5, 0.6) is 0 Å². The number of carbonyl (C=O) groups excluding carboxylic acids is 1. The number of urea groups is 1. The van der Waals surface area contributed by atoms with Gasteiger partial charge in [0.05, 0.1) is 17.7 Å². The SMILES string of the molecule is CC(C)CC(O)CNC(=O)Nc1ccc(C#N)cc1. The number of carbonyl (C=O) groups is 1. The molecule has 1 aromatic rings. The average molecular weight is 261 g/mol. The summed E-state index contributed by atoms with van der Waals surface area (Å²) in [5, 5.41) is 23.5. The number of hydrogen-bond donors (Lipinski definition) is 3. The molecular formula is C14H19N3O2. The van der Waals surface area contributed by atoms with E-state index in [-0.39, 0.29) is 12.6 Å². The number of aliphatic hydroxyl groups excluding tert-OH is 1. The Bertz CT molecular complexity index is 449. The molecule has 0 heterocycles. The van der Waals surface area contributed by atoms with Crippen LogP contribution >= 0.6 is 0 Å². The van der Waals surface area contributed by atoms with E-state index in [0.29, 0.717) is 23.6 Å². The van der Waals surface area contributed by atoms with Gasteiger partial charge >= 0.3 is 6.03 Å². The zero-order chi connectivity index (χ0) is 14.3. The lowest BCUT2D eigenvalue weighted by atomic mass is 10.1. The summed E-state index contributed by atoms with van der Waals surface area (Å²) in [4.78, 5) is 11.6. The van der Waals surface area contributed by atoms with Gasteiger partial charge in [-0.2, -0.15) is 5.26 Å². The lowest BCUT2D eigenvalue weighted by Gasteiger charge is -2.14. The molecule has 1 rings (SSSR count). The van der Waals surface area contributed by atoms with E-state index in [4.69, 9.17) is 5.26 Å². The number of hydrogen-bond acceptors (Lipinski definition) is 3. The molecule has 0 radical (unpaired) electrons. The molecule has 19 heavy (non-hydrogen) atoms. The number of aliphatic hydroxyl groups is 1. The van der Waals surface area contributed by atoms with Crippen molar-refractivity contribution in [2.24, 2.45) is 5.92 Å². The van der Waals surface area contributed by atoms with Gasteiger partial charge in [-0.3, -0.25) is 0 Å². The van der Waals surface area contributed by atoms with Crippen LogP contribution in [0.4, 0.5) is 10.5 Å². The minimum absolute atomic E-state index is 0.223. The number of anilines is 1. The largest absolute Gasteiger partial charge is 0.391 e. The molecule has 0 saturated carbocycles. The standard InChI is InChI=1S/C14H19N3O2/c1-10(2)7-13(18)9-16-14(19)17-12-5-3-11(8-15)4-6-12/h3-6,10,13,18H,7,9H2,1-2H3,(H2,16,17,19). The van der Waals surface area contributed by atoms with Gasteiger partial charge in [0, 0.05) is 12.2 Å². The molecule has 0 aromatic heterocycles. The van der Waals surface area contributed by atoms with E-state index in [1.165, 1.54) is 0 Å². The van der Waals surface area contributed by atoms with Crippen LogP contribution in [0.3, 0.4) is 0 Å². The highest BCUT2D eigenvalue weighted by Crippen LogP contribution is 2.08. The molecule has 0 aliphatic heterocycles. The maximum atomic E-state index is 11.6. The van der Waals surface area contributed by atoms with Crippen LogP contribution in [0.1, 0.15) is 25.8 Å². The molecular weight excluding hydrogens is 242 g/mol. The fraction of sp³-hybridized carbons (Fsp3) is 0.429. The van der Waals surface area contributed by atoms with Crippen molar-refractivity contribution in [3.05, 3.63) is 29.8 Å². The minimum atomic E-state index is -0.535. The molecule has 0 aliphatic carbocycles. The Morgan fingerprint density at radius 3 is 2.53 bits per heavy atom. The lowest BCUT2D eigenvalue weighted by Crippen LogP contribution is -2.35. The Kier molecular flexibility index (Phi) is 5.83. The fourth-order valence-electron chi connectivity index (χ4n) is 1.64. The van der Waals surface area contributed by atoms with Gasteiger partial charge in [-0.1, -0.05) is 13.8 Å². The van der Waals surface area contributed by atoms with Crippen molar-refractivity contribution in [2.75, 3.05) is 11.9 Å². The van der Waals surface area contributed by atoms with Crippen molar-refractivity contribution < 1.29 is 9.90 Å². The fourth-order valence-corrected chi connectivity index (χ4v) is 1.64. The molecule has 1 atom stereocenters. The third kappa shape index (κ3) is 5.89. The summed E-state index contributed by atoms with van der Waals surface area (Å²) in [7, 11) is 0. The Morgan fingerprint density at radius 1 is 1.37 bits per heavy atom. The maximum absolute atomic E-state index is 11.6. The normalized spacial score (nSPS) is 11.7. The molecule has 3 N–H and O–H groups in total. The van der Waals surface area contributed by atoms with Gasteiger partial charge in [0.25, 0.3) is 0 Å². The molecule has 0 saturated heterocycles. The van der Waals surface area contributed by atoms with E-state index >= 15 is 0 Å². The molecule has 0 aliphatic rings. The van der Waals surface area contributed by atoms with Gasteiger partial charge in [0.15, 0.2) is 0 Å². The van der Waals surface area contributed by atoms with Crippen LogP contribution in [0.2, 0.25) is 0 Å². The zero-order valence-electron chi connectivity index (χ0n) is 11.2. The van der Waals surface area contributed by atoms with Crippen molar-refractivity contribution in [1.82, 2.24) is 5.32 Å². The van der Waals surface area contributed by atoms with Crippen molar-refractivity contribution >= 4 is 11.7 Å². The number of rotatable bonds is 5. The molecule has 0 spiro atoms.